The fourth-order valence-corrected chi connectivity index (χ4v) is 3.36. The maximum Gasteiger partial charge on any atom is 0.451 e. The summed E-state index contributed by atoms with van der Waals surface area (Å²) >= 11 is 0. The van der Waals surface area contributed by atoms with Crippen LogP contribution in [-0.4, -0.2) is 43.8 Å². The van der Waals surface area contributed by atoms with E-state index in [1.165, 1.54) is 4.90 Å². The zero-order chi connectivity index (χ0) is 19.3. The number of carbonyl (C=O) groups is 1. The number of benzene rings is 1. The number of aromatic nitrogens is 4. The lowest BCUT2D eigenvalue weighted by Gasteiger charge is -2.28. The second-order valence-electron chi connectivity index (χ2n) is 6.33. The number of halogens is 3. The van der Waals surface area contributed by atoms with Crippen LogP contribution in [0.4, 0.5) is 13.2 Å². The van der Waals surface area contributed by atoms with Crippen LogP contribution in [-0.2, 0) is 26.3 Å². The first kappa shape index (κ1) is 17.4. The molecule has 7 nitrogen and oxygen atoms in total. The average molecular weight is 379 g/mol. The summed E-state index contributed by atoms with van der Waals surface area (Å²) in [5.41, 5.74) is 1.31. The topological polar surface area (TPSA) is 65.2 Å². The Labute approximate surface area is 151 Å². The van der Waals surface area contributed by atoms with Crippen LogP contribution in [0.25, 0.3) is 10.9 Å². The van der Waals surface area contributed by atoms with Crippen molar-refractivity contribution in [3.63, 3.8) is 0 Å². The Morgan fingerprint density at radius 1 is 1.19 bits per heavy atom. The van der Waals surface area contributed by atoms with Crippen LogP contribution in [0.5, 0.6) is 5.75 Å². The van der Waals surface area contributed by atoms with Gasteiger partial charge in [0, 0.05) is 31.0 Å². The smallest absolute Gasteiger partial charge is 0.451 e. The van der Waals surface area contributed by atoms with Crippen LogP contribution in [0, 0.1) is 0 Å². The summed E-state index contributed by atoms with van der Waals surface area (Å²) in [6.45, 7) is 0.130. The minimum absolute atomic E-state index is 0.000677. The number of hydrogen-bond acceptors (Lipinski definition) is 4. The first-order valence-electron chi connectivity index (χ1n) is 8.21. The van der Waals surface area contributed by atoms with Crippen molar-refractivity contribution in [2.75, 3.05) is 13.7 Å². The summed E-state index contributed by atoms with van der Waals surface area (Å²) < 4.78 is 46.8. The Hall–Kier alpha value is -3.04. The number of carbonyl (C=O) groups excluding carboxylic acids is 1. The molecule has 10 heteroatoms. The van der Waals surface area contributed by atoms with Crippen LogP contribution in [0.1, 0.15) is 22.1 Å². The lowest BCUT2D eigenvalue weighted by Crippen LogP contribution is -2.40. The lowest BCUT2D eigenvalue weighted by molar-refractivity contribution is -0.147. The van der Waals surface area contributed by atoms with Crippen LogP contribution >= 0.6 is 0 Å². The number of amides is 1. The van der Waals surface area contributed by atoms with Gasteiger partial charge in [0.15, 0.2) is 5.82 Å². The van der Waals surface area contributed by atoms with Gasteiger partial charge in [0.2, 0.25) is 5.82 Å². The second-order valence-corrected chi connectivity index (χ2v) is 6.33. The number of hydrogen-bond donors (Lipinski definition) is 0. The average Bonchev–Trinajstić information content (AvgIpc) is 3.21. The zero-order valence-electron chi connectivity index (χ0n) is 14.6. The summed E-state index contributed by atoms with van der Waals surface area (Å²) in [5, 5.41) is 7.70. The fourth-order valence-electron chi connectivity index (χ4n) is 3.36. The molecule has 1 aliphatic rings. The van der Waals surface area contributed by atoms with Crippen molar-refractivity contribution in [1.29, 1.82) is 0 Å². The van der Waals surface area contributed by atoms with Crippen LogP contribution in [0.3, 0.4) is 0 Å². The quantitative estimate of drug-likeness (QED) is 0.686. The molecule has 0 N–H and O–H groups in total. The third kappa shape index (κ3) is 2.81. The molecule has 2 aromatic heterocycles. The maximum absolute atomic E-state index is 13.0. The fraction of sp³-hybridized carbons (Fsp3) is 0.353. The van der Waals surface area contributed by atoms with Gasteiger partial charge in [0.1, 0.15) is 11.4 Å². The molecule has 1 aromatic carbocycles. The van der Waals surface area contributed by atoms with Crippen molar-refractivity contribution in [1.82, 2.24) is 24.2 Å². The third-order valence-electron chi connectivity index (χ3n) is 4.76. The molecule has 142 valence electrons. The number of ether oxygens (including phenoxy) is 1. The van der Waals surface area contributed by atoms with Crippen LogP contribution in [0.2, 0.25) is 0 Å². The largest absolute Gasteiger partial charge is 0.497 e. The highest BCUT2D eigenvalue weighted by molar-refractivity contribution is 5.99. The van der Waals surface area contributed by atoms with Crippen molar-refractivity contribution in [2.45, 2.75) is 19.3 Å². The van der Waals surface area contributed by atoms with Gasteiger partial charge in [-0.2, -0.15) is 13.2 Å². The molecular weight excluding hydrogens is 363 g/mol. The predicted octanol–water partition coefficient (Wildman–Crippen LogP) is 2.45. The van der Waals surface area contributed by atoms with Crippen molar-refractivity contribution >= 4 is 16.8 Å². The Bertz CT molecular complexity index is 1040. The summed E-state index contributed by atoms with van der Waals surface area (Å²) in [4.78, 5) is 14.4. The van der Waals surface area contributed by atoms with Gasteiger partial charge in [-0.15, -0.1) is 10.2 Å². The highest BCUT2D eigenvalue weighted by Gasteiger charge is 2.40. The first-order valence-corrected chi connectivity index (χ1v) is 8.21. The summed E-state index contributed by atoms with van der Waals surface area (Å²) in [6.07, 6.45) is -4.56. The molecule has 0 atom stereocenters. The molecule has 0 bridgehead atoms. The zero-order valence-corrected chi connectivity index (χ0v) is 14.6. The number of methoxy groups -OCH3 is 1. The van der Waals surface area contributed by atoms with Gasteiger partial charge < -0.3 is 18.8 Å². The Morgan fingerprint density at radius 3 is 2.67 bits per heavy atom. The van der Waals surface area contributed by atoms with Gasteiger partial charge in [0.25, 0.3) is 5.91 Å². The highest BCUT2D eigenvalue weighted by Crippen LogP contribution is 2.30. The van der Waals surface area contributed by atoms with E-state index >= 15 is 0 Å². The van der Waals surface area contributed by atoms with Crippen LogP contribution < -0.4 is 4.74 Å². The third-order valence-corrected chi connectivity index (χ3v) is 4.76. The minimum atomic E-state index is -4.56. The van der Waals surface area contributed by atoms with Gasteiger partial charge in [-0.25, -0.2) is 0 Å². The van der Waals surface area contributed by atoms with Crippen molar-refractivity contribution in [3.05, 3.63) is 41.6 Å². The van der Waals surface area contributed by atoms with E-state index in [4.69, 9.17) is 4.74 Å². The van der Waals surface area contributed by atoms with Crippen LogP contribution in [0.15, 0.2) is 24.3 Å². The van der Waals surface area contributed by atoms with Gasteiger partial charge in [0.05, 0.1) is 13.7 Å². The Balaban J connectivity index is 1.64. The summed E-state index contributed by atoms with van der Waals surface area (Å²) in [5.74, 6) is -0.489. The number of nitrogens with zero attached hydrogens (tertiary/aromatic N) is 5. The molecule has 0 radical (unpaired) electrons. The minimum Gasteiger partial charge on any atom is -0.497 e. The normalized spacial score (nSPS) is 14.5. The van der Waals surface area contributed by atoms with Gasteiger partial charge in [-0.3, -0.25) is 4.79 Å². The number of alkyl halides is 3. The lowest BCUT2D eigenvalue weighted by atomic mass is 10.2. The molecule has 3 aromatic rings. The second kappa shape index (κ2) is 6.00. The van der Waals surface area contributed by atoms with Crippen molar-refractivity contribution < 1.29 is 22.7 Å². The van der Waals surface area contributed by atoms with Crippen molar-refractivity contribution in [3.8, 4) is 5.75 Å². The molecule has 0 spiro atoms. The molecule has 0 fully saturated rings. The SMILES string of the molecule is COc1ccc2c(c1)cc(C(=O)N1CCn3c(nnc3C(F)(F)F)C1)n2C. The van der Waals surface area contributed by atoms with Gasteiger partial charge in [-0.05, 0) is 24.3 Å². The molecule has 0 aliphatic carbocycles. The molecule has 3 heterocycles. The standard InChI is InChI=1S/C17H16F3N5O2/c1-23-12-4-3-11(27-2)7-10(12)8-13(23)15(26)24-5-6-25-14(9-24)21-22-16(25)17(18,19)20/h3-4,7-8H,5-6,9H2,1-2H3. The molecule has 0 saturated heterocycles. The molecule has 1 amide bonds. The number of fused-ring (bicyclic) bond motifs is 2. The van der Waals surface area contributed by atoms with E-state index in [1.807, 2.05) is 12.1 Å². The Morgan fingerprint density at radius 2 is 1.96 bits per heavy atom. The van der Waals surface area contributed by atoms with E-state index in [9.17, 15) is 18.0 Å². The molecular formula is C17H16F3N5O2. The van der Waals surface area contributed by atoms with Crippen molar-refractivity contribution in [2.24, 2.45) is 7.05 Å². The molecule has 4 rings (SSSR count). The monoisotopic (exact) mass is 379 g/mol. The van der Waals surface area contributed by atoms with E-state index in [0.717, 1.165) is 15.5 Å². The summed E-state index contributed by atoms with van der Waals surface area (Å²) in [7, 11) is 3.34. The summed E-state index contributed by atoms with van der Waals surface area (Å²) in [6, 6.07) is 7.24. The maximum atomic E-state index is 13.0. The first-order chi connectivity index (χ1) is 12.8. The highest BCUT2D eigenvalue weighted by atomic mass is 19.4. The van der Waals surface area contributed by atoms with Gasteiger partial charge in [-0.1, -0.05) is 0 Å². The predicted molar refractivity (Wildman–Crippen MR) is 89.2 cm³/mol. The van der Waals surface area contributed by atoms with Gasteiger partial charge >= 0.3 is 6.18 Å². The van der Waals surface area contributed by atoms with E-state index < -0.39 is 12.0 Å². The number of aryl methyl sites for hydroxylation is 1. The van der Waals surface area contributed by atoms with E-state index in [1.54, 1.807) is 30.9 Å². The molecule has 0 unspecified atom stereocenters. The van der Waals surface area contributed by atoms with E-state index in [-0.39, 0.29) is 31.4 Å². The van der Waals surface area contributed by atoms with E-state index in [0.29, 0.717) is 11.4 Å². The molecule has 1 aliphatic heterocycles. The Kier molecular flexibility index (Phi) is 3.86. The molecule has 0 saturated carbocycles. The molecule has 27 heavy (non-hydrogen) atoms. The van der Waals surface area contributed by atoms with E-state index in [2.05, 4.69) is 10.2 Å². The number of rotatable bonds is 2.